The Bertz CT molecular complexity index is 469. The van der Waals surface area contributed by atoms with Crippen molar-refractivity contribution in [1.82, 2.24) is 0 Å². The molecule has 0 aromatic heterocycles. The molecule has 0 amide bonds. The molecule has 1 atom stereocenters. The summed E-state index contributed by atoms with van der Waals surface area (Å²) in [6.45, 7) is 11.4. The molecule has 0 aromatic carbocycles. The number of hydrogen-bond acceptors (Lipinski definition) is 6. The SMILES string of the molecule is CCOP(=O)(OCC)OC(CC(C)C)C1C(=O)CC(C)(C)CC1=O. The summed E-state index contributed by atoms with van der Waals surface area (Å²) in [6, 6.07) is 0. The first-order chi connectivity index (χ1) is 11.0. The van der Waals surface area contributed by atoms with Gasteiger partial charge < -0.3 is 0 Å². The maximum Gasteiger partial charge on any atom is 0.475 e. The van der Waals surface area contributed by atoms with Crippen LogP contribution in [0.3, 0.4) is 0 Å². The fourth-order valence-electron chi connectivity index (χ4n) is 3.10. The molecular formula is C17H31O6P. The van der Waals surface area contributed by atoms with Crippen molar-refractivity contribution in [2.75, 3.05) is 13.2 Å². The van der Waals surface area contributed by atoms with Crippen LogP contribution in [0, 0.1) is 17.3 Å². The zero-order chi connectivity index (χ0) is 18.5. The summed E-state index contributed by atoms with van der Waals surface area (Å²) in [4.78, 5) is 25.1. The molecular weight excluding hydrogens is 331 g/mol. The summed E-state index contributed by atoms with van der Waals surface area (Å²) in [7, 11) is -3.79. The number of phosphoric ester groups is 1. The van der Waals surface area contributed by atoms with Crippen molar-refractivity contribution in [2.45, 2.75) is 66.9 Å². The molecule has 0 heterocycles. The van der Waals surface area contributed by atoms with Gasteiger partial charge in [0.1, 0.15) is 17.5 Å². The van der Waals surface area contributed by atoms with Crippen molar-refractivity contribution >= 4 is 19.4 Å². The minimum atomic E-state index is -3.79. The van der Waals surface area contributed by atoms with Crippen LogP contribution in [0.1, 0.15) is 60.8 Å². The molecule has 140 valence electrons. The summed E-state index contributed by atoms with van der Waals surface area (Å²) >= 11 is 0. The van der Waals surface area contributed by atoms with Gasteiger partial charge in [-0.05, 0) is 31.6 Å². The average Bonchev–Trinajstić information content (AvgIpc) is 2.35. The fraction of sp³-hybridized carbons (Fsp3) is 0.882. The van der Waals surface area contributed by atoms with E-state index in [2.05, 4.69) is 0 Å². The zero-order valence-corrected chi connectivity index (χ0v) is 16.6. The van der Waals surface area contributed by atoms with E-state index in [1.54, 1.807) is 13.8 Å². The number of hydrogen-bond donors (Lipinski definition) is 0. The van der Waals surface area contributed by atoms with Crippen LogP contribution in [0.25, 0.3) is 0 Å². The maximum atomic E-state index is 12.7. The van der Waals surface area contributed by atoms with Gasteiger partial charge in [0.05, 0.1) is 19.3 Å². The molecule has 1 saturated carbocycles. The van der Waals surface area contributed by atoms with Gasteiger partial charge in [0.15, 0.2) is 0 Å². The van der Waals surface area contributed by atoms with Crippen molar-refractivity contribution in [1.29, 1.82) is 0 Å². The minimum absolute atomic E-state index is 0.151. The first-order valence-electron chi connectivity index (χ1n) is 8.66. The Balaban J connectivity index is 3.06. The highest BCUT2D eigenvalue weighted by Crippen LogP contribution is 2.52. The van der Waals surface area contributed by atoms with Crippen LogP contribution in [0.4, 0.5) is 0 Å². The minimum Gasteiger partial charge on any atom is -0.299 e. The van der Waals surface area contributed by atoms with Crippen LogP contribution in [-0.2, 0) is 27.7 Å². The zero-order valence-electron chi connectivity index (χ0n) is 15.7. The van der Waals surface area contributed by atoms with Gasteiger partial charge >= 0.3 is 7.82 Å². The number of phosphoric acid groups is 1. The lowest BCUT2D eigenvalue weighted by atomic mass is 9.69. The van der Waals surface area contributed by atoms with E-state index in [0.717, 1.165) is 0 Å². The molecule has 0 radical (unpaired) electrons. The Morgan fingerprint density at radius 2 is 1.54 bits per heavy atom. The van der Waals surface area contributed by atoms with Crippen LogP contribution < -0.4 is 0 Å². The monoisotopic (exact) mass is 362 g/mol. The Hall–Kier alpha value is -0.550. The van der Waals surface area contributed by atoms with Crippen molar-refractivity contribution in [3.8, 4) is 0 Å². The van der Waals surface area contributed by atoms with Gasteiger partial charge in [-0.3, -0.25) is 23.2 Å². The Labute approximate surface area is 145 Å². The van der Waals surface area contributed by atoms with Crippen molar-refractivity contribution in [2.24, 2.45) is 17.3 Å². The summed E-state index contributed by atoms with van der Waals surface area (Å²) < 4.78 is 28.7. The van der Waals surface area contributed by atoms with Gasteiger partial charge in [0.2, 0.25) is 0 Å². The van der Waals surface area contributed by atoms with E-state index in [9.17, 15) is 14.2 Å². The second kappa shape index (κ2) is 8.70. The van der Waals surface area contributed by atoms with Gasteiger partial charge in [0, 0.05) is 12.8 Å². The van der Waals surface area contributed by atoms with Crippen LogP contribution in [0.15, 0.2) is 0 Å². The number of carbonyl (C=O) groups excluding carboxylic acids is 2. The fourth-order valence-corrected chi connectivity index (χ4v) is 4.47. The second-order valence-electron chi connectivity index (χ2n) is 7.48. The average molecular weight is 362 g/mol. The van der Waals surface area contributed by atoms with E-state index in [4.69, 9.17) is 13.6 Å². The predicted molar refractivity (Wildman–Crippen MR) is 91.7 cm³/mol. The Morgan fingerprint density at radius 1 is 1.08 bits per heavy atom. The predicted octanol–water partition coefficient (Wildman–Crippen LogP) is 4.17. The Morgan fingerprint density at radius 3 is 1.92 bits per heavy atom. The highest BCUT2D eigenvalue weighted by molar-refractivity contribution is 7.48. The molecule has 24 heavy (non-hydrogen) atoms. The van der Waals surface area contributed by atoms with Crippen LogP contribution in [0.5, 0.6) is 0 Å². The van der Waals surface area contributed by atoms with Gasteiger partial charge in [-0.25, -0.2) is 4.57 Å². The molecule has 1 rings (SSSR count). The van der Waals surface area contributed by atoms with E-state index in [1.807, 2.05) is 27.7 Å². The Kier molecular flexibility index (Phi) is 7.79. The lowest BCUT2D eigenvalue weighted by Gasteiger charge is -2.36. The van der Waals surface area contributed by atoms with E-state index in [1.165, 1.54) is 0 Å². The van der Waals surface area contributed by atoms with E-state index >= 15 is 0 Å². The lowest BCUT2D eigenvalue weighted by Crippen LogP contribution is -2.45. The number of rotatable bonds is 9. The largest absolute Gasteiger partial charge is 0.475 e. The molecule has 0 bridgehead atoms. The molecule has 0 saturated heterocycles. The van der Waals surface area contributed by atoms with Crippen molar-refractivity contribution < 1.29 is 27.7 Å². The van der Waals surface area contributed by atoms with Crippen molar-refractivity contribution in [3.63, 3.8) is 0 Å². The third-order valence-corrected chi connectivity index (χ3v) is 5.59. The molecule has 0 spiro atoms. The van der Waals surface area contributed by atoms with E-state index in [0.29, 0.717) is 19.3 Å². The molecule has 6 nitrogen and oxygen atoms in total. The molecule has 0 aromatic rings. The number of Topliss-reactive ketones (excluding diaryl/α,β-unsaturated/α-hetero) is 2. The summed E-state index contributed by atoms with van der Waals surface area (Å²) in [5.41, 5.74) is -0.337. The molecule has 7 heteroatoms. The molecule has 0 aliphatic heterocycles. The summed E-state index contributed by atoms with van der Waals surface area (Å²) in [5, 5.41) is 0. The highest BCUT2D eigenvalue weighted by atomic mass is 31.2. The third kappa shape index (κ3) is 6.07. The van der Waals surface area contributed by atoms with Crippen molar-refractivity contribution in [3.05, 3.63) is 0 Å². The van der Waals surface area contributed by atoms with Gasteiger partial charge in [-0.1, -0.05) is 27.7 Å². The normalized spacial score (nSPS) is 20.6. The highest BCUT2D eigenvalue weighted by Gasteiger charge is 2.46. The first-order valence-corrected chi connectivity index (χ1v) is 10.1. The number of ketones is 2. The first kappa shape index (κ1) is 21.5. The third-order valence-electron chi connectivity index (χ3n) is 3.91. The lowest BCUT2D eigenvalue weighted by molar-refractivity contribution is -0.144. The topological polar surface area (TPSA) is 78.9 Å². The number of carbonyl (C=O) groups is 2. The quantitative estimate of drug-likeness (QED) is 0.452. The molecule has 1 unspecified atom stereocenters. The van der Waals surface area contributed by atoms with E-state index in [-0.39, 0.29) is 36.1 Å². The molecule has 0 N–H and O–H groups in total. The molecule has 1 aliphatic carbocycles. The van der Waals surface area contributed by atoms with E-state index < -0.39 is 19.8 Å². The van der Waals surface area contributed by atoms with Gasteiger partial charge in [-0.15, -0.1) is 0 Å². The van der Waals surface area contributed by atoms with Crippen LogP contribution in [0.2, 0.25) is 0 Å². The molecule has 1 fully saturated rings. The second-order valence-corrected chi connectivity index (χ2v) is 9.11. The molecule has 1 aliphatic rings. The smallest absolute Gasteiger partial charge is 0.299 e. The van der Waals surface area contributed by atoms with Crippen LogP contribution in [-0.4, -0.2) is 30.9 Å². The maximum absolute atomic E-state index is 12.7. The summed E-state index contributed by atoms with van der Waals surface area (Å²) in [5.74, 6) is -1.03. The summed E-state index contributed by atoms with van der Waals surface area (Å²) in [6.07, 6.45) is 0.279. The standard InChI is InChI=1S/C17H31O6P/c1-7-21-24(20,22-8-2)23-15(9-12(3)4)16-13(18)10-17(5,6)11-14(16)19/h12,15-16H,7-11H2,1-6H3. The van der Waals surface area contributed by atoms with Gasteiger partial charge in [0.25, 0.3) is 0 Å². The van der Waals surface area contributed by atoms with Crippen LogP contribution >= 0.6 is 7.82 Å². The van der Waals surface area contributed by atoms with Gasteiger partial charge in [-0.2, -0.15) is 0 Å².